The Hall–Kier alpha value is -4.17. The quantitative estimate of drug-likeness (QED) is 0.379. The van der Waals surface area contributed by atoms with E-state index in [1.807, 2.05) is 56.6 Å². The van der Waals surface area contributed by atoms with Gasteiger partial charge in [0.1, 0.15) is 19.1 Å². The second kappa shape index (κ2) is 10.4. The second-order valence-electron chi connectivity index (χ2n) is 9.20. The van der Waals surface area contributed by atoms with Gasteiger partial charge in [-0.05, 0) is 74.6 Å². The van der Waals surface area contributed by atoms with Gasteiger partial charge in [-0.15, -0.1) is 0 Å². The fraction of sp³-hybridized carbons (Fsp3) is 0.276. The lowest BCUT2D eigenvalue weighted by molar-refractivity contribution is -0.115. The van der Waals surface area contributed by atoms with Gasteiger partial charge in [0.15, 0.2) is 11.5 Å². The van der Waals surface area contributed by atoms with Crippen LogP contribution < -0.4 is 14.8 Å². The molecule has 0 spiro atoms. The zero-order chi connectivity index (χ0) is 25.9. The third kappa shape index (κ3) is 5.20. The first-order valence-electron chi connectivity index (χ1n) is 12.3. The Morgan fingerprint density at radius 1 is 1.00 bits per heavy atom. The maximum Gasteiger partial charge on any atom is 0.338 e. The van der Waals surface area contributed by atoms with Crippen LogP contribution in [0.5, 0.6) is 11.5 Å². The molecule has 0 fully saturated rings. The number of hydrogen-bond donors (Lipinski definition) is 1. The summed E-state index contributed by atoms with van der Waals surface area (Å²) in [7, 11) is 4.05. The first kappa shape index (κ1) is 24.5. The molecular formula is C29H29N3O5. The molecule has 0 bridgehead atoms. The maximum absolute atomic E-state index is 13.3. The van der Waals surface area contributed by atoms with Crippen molar-refractivity contribution in [1.29, 1.82) is 0 Å². The third-order valence-corrected chi connectivity index (χ3v) is 6.19. The summed E-state index contributed by atoms with van der Waals surface area (Å²) in [5, 5.41) is 2.92. The summed E-state index contributed by atoms with van der Waals surface area (Å²) >= 11 is 0. The average molecular weight is 500 g/mol. The van der Waals surface area contributed by atoms with Crippen molar-refractivity contribution in [2.75, 3.05) is 39.2 Å². The molecule has 3 aromatic rings. The summed E-state index contributed by atoms with van der Waals surface area (Å²) in [4.78, 5) is 32.7. The Morgan fingerprint density at radius 3 is 2.46 bits per heavy atom. The number of rotatable bonds is 7. The number of esters is 1. The van der Waals surface area contributed by atoms with Crippen LogP contribution in [0.4, 0.5) is 11.4 Å². The minimum absolute atomic E-state index is 0.214. The van der Waals surface area contributed by atoms with E-state index >= 15 is 0 Å². The molecule has 1 atom stereocenters. The van der Waals surface area contributed by atoms with E-state index in [0.717, 1.165) is 23.4 Å². The predicted molar refractivity (Wildman–Crippen MR) is 141 cm³/mol. The van der Waals surface area contributed by atoms with Gasteiger partial charge in [-0.3, -0.25) is 9.79 Å². The lowest BCUT2D eigenvalue weighted by atomic mass is 9.90. The highest BCUT2D eigenvalue weighted by Gasteiger charge is 2.36. The monoisotopic (exact) mass is 499 g/mol. The summed E-state index contributed by atoms with van der Waals surface area (Å²) in [6, 6.07) is 18.7. The summed E-state index contributed by atoms with van der Waals surface area (Å²) in [5.41, 5.74) is 4.94. The number of nitrogens with one attached hydrogen (secondary N) is 1. The molecule has 2 aliphatic rings. The van der Waals surface area contributed by atoms with Crippen LogP contribution in [-0.2, 0) is 16.1 Å². The van der Waals surface area contributed by atoms with E-state index in [2.05, 4.69) is 10.2 Å². The Bertz CT molecular complexity index is 1360. The van der Waals surface area contributed by atoms with Gasteiger partial charge in [-0.1, -0.05) is 18.2 Å². The fourth-order valence-electron chi connectivity index (χ4n) is 4.55. The number of benzene rings is 3. The van der Waals surface area contributed by atoms with Crippen molar-refractivity contribution >= 4 is 29.0 Å². The highest BCUT2D eigenvalue weighted by Crippen LogP contribution is 2.39. The highest BCUT2D eigenvalue weighted by atomic mass is 16.6. The molecule has 1 amide bonds. The first-order valence-corrected chi connectivity index (χ1v) is 12.3. The van der Waals surface area contributed by atoms with Crippen LogP contribution in [0.3, 0.4) is 0 Å². The molecular weight excluding hydrogens is 470 g/mol. The van der Waals surface area contributed by atoms with E-state index in [1.165, 1.54) is 5.56 Å². The van der Waals surface area contributed by atoms with Gasteiger partial charge < -0.3 is 24.4 Å². The van der Waals surface area contributed by atoms with Crippen LogP contribution in [0.15, 0.2) is 65.7 Å². The normalized spacial score (nSPS) is 16.4. The summed E-state index contributed by atoms with van der Waals surface area (Å²) in [6.07, 6.45) is 0. The Balaban J connectivity index is 1.58. The largest absolute Gasteiger partial charge is 0.486 e. The molecule has 0 radical (unpaired) electrons. The van der Waals surface area contributed by atoms with Crippen LogP contribution in [0.2, 0.25) is 0 Å². The van der Waals surface area contributed by atoms with Gasteiger partial charge in [0.25, 0.3) is 0 Å². The Morgan fingerprint density at radius 2 is 1.73 bits per heavy atom. The molecule has 0 aromatic heterocycles. The van der Waals surface area contributed by atoms with Gasteiger partial charge in [0, 0.05) is 17.8 Å². The molecule has 8 nitrogen and oxygen atoms in total. The van der Waals surface area contributed by atoms with E-state index in [0.29, 0.717) is 41.7 Å². The number of carbonyl (C=O) groups is 2. The molecule has 2 aliphatic heterocycles. The lowest BCUT2D eigenvalue weighted by Gasteiger charge is -2.20. The number of aliphatic imine (C=N–C) groups is 1. The third-order valence-electron chi connectivity index (χ3n) is 6.19. The molecule has 5 rings (SSSR count). The topological polar surface area (TPSA) is 89.5 Å². The van der Waals surface area contributed by atoms with Crippen molar-refractivity contribution in [3.63, 3.8) is 0 Å². The number of nitrogens with zero attached hydrogens (tertiary/aromatic N) is 2. The molecule has 3 aromatic carbocycles. The van der Waals surface area contributed by atoms with Crippen molar-refractivity contribution in [3.05, 3.63) is 82.9 Å². The molecule has 0 saturated carbocycles. The van der Waals surface area contributed by atoms with Gasteiger partial charge >= 0.3 is 5.97 Å². The van der Waals surface area contributed by atoms with E-state index in [4.69, 9.17) is 19.2 Å². The van der Waals surface area contributed by atoms with Crippen molar-refractivity contribution in [2.45, 2.75) is 19.4 Å². The van der Waals surface area contributed by atoms with E-state index in [-0.39, 0.29) is 12.5 Å². The van der Waals surface area contributed by atoms with Crippen molar-refractivity contribution in [1.82, 2.24) is 4.90 Å². The first-order chi connectivity index (χ1) is 17.9. The molecule has 8 heteroatoms. The Labute approximate surface area is 215 Å². The fourth-order valence-corrected chi connectivity index (χ4v) is 4.55. The zero-order valence-electron chi connectivity index (χ0n) is 21.1. The number of carbonyl (C=O) groups excluding carboxylic acids is 2. The molecule has 190 valence electrons. The molecule has 0 saturated heterocycles. The van der Waals surface area contributed by atoms with E-state index in [9.17, 15) is 9.59 Å². The average Bonchev–Trinajstić information content (AvgIpc) is 3.22. The number of fused-ring (bicyclic) bond motifs is 2. The highest BCUT2D eigenvalue weighted by molar-refractivity contribution is 6.24. The number of anilines is 1. The van der Waals surface area contributed by atoms with Crippen molar-refractivity contribution < 1.29 is 23.8 Å². The summed E-state index contributed by atoms with van der Waals surface area (Å²) in [6.45, 7) is 3.80. The van der Waals surface area contributed by atoms with E-state index in [1.54, 1.807) is 25.1 Å². The van der Waals surface area contributed by atoms with Crippen LogP contribution in [0.1, 0.15) is 39.9 Å². The van der Waals surface area contributed by atoms with Gasteiger partial charge in [-0.2, -0.15) is 0 Å². The second-order valence-corrected chi connectivity index (χ2v) is 9.20. The Kier molecular flexibility index (Phi) is 6.92. The van der Waals surface area contributed by atoms with Gasteiger partial charge in [0.2, 0.25) is 5.91 Å². The van der Waals surface area contributed by atoms with Crippen molar-refractivity contribution in [3.8, 4) is 11.5 Å². The van der Waals surface area contributed by atoms with Crippen LogP contribution in [0, 0.1) is 0 Å². The van der Waals surface area contributed by atoms with Gasteiger partial charge in [-0.25, -0.2) is 4.79 Å². The minimum Gasteiger partial charge on any atom is -0.486 e. The van der Waals surface area contributed by atoms with E-state index < -0.39 is 11.9 Å². The minimum atomic E-state index is -0.671. The molecule has 1 unspecified atom stereocenters. The maximum atomic E-state index is 13.3. The number of amides is 1. The van der Waals surface area contributed by atoms with Crippen LogP contribution >= 0.6 is 0 Å². The summed E-state index contributed by atoms with van der Waals surface area (Å²) in [5.74, 6) is -0.0301. The standard InChI is InChI=1S/C29H29N3O5/c1-4-35-29(34)20-7-11-22-23(15-20)31-28(33)26(22)27(19-8-12-24-25(16-19)37-14-13-36-24)30-21-9-5-18(6-10-21)17-32(2)3/h5-12,15-16,26H,4,13-14,17H2,1-3H3,(H,31,33). The lowest BCUT2D eigenvalue weighted by Crippen LogP contribution is -2.22. The van der Waals surface area contributed by atoms with Crippen molar-refractivity contribution in [2.24, 2.45) is 4.99 Å². The zero-order valence-corrected chi connectivity index (χ0v) is 21.1. The van der Waals surface area contributed by atoms with Crippen LogP contribution in [0.25, 0.3) is 0 Å². The van der Waals surface area contributed by atoms with Gasteiger partial charge in [0.05, 0.1) is 23.6 Å². The predicted octanol–water partition coefficient (Wildman–Crippen LogP) is 4.55. The number of ether oxygens (including phenoxy) is 3. The molecule has 37 heavy (non-hydrogen) atoms. The van der Waals surface area contributed by atoms with Crippen LogP contribution in [-0.4, -0.2) is 56.4 Å². The number of hydrogen-bond acceptors (Lipinski definition) is 7. The smallest absolute Gasteiger partial charge is 0.338 e. The summed E-state index contributed by atoms with van der Waals surface area (Å²) < 4.78 is 16.6. The molecule has 2 heterocycles. The SMILES string of the molecule is CCOC(=O)c1ccc2c(c1)NC(=O)C2C(=Nc1ccc(CN(C)C)cc1)c1ccc2c(c1)OCCO2. The molecule has 0 aliphatic carbocycles. The molecule has 1 N–H and O–H groups in total.